The maximum atomic E-state index is 10.6. The average Bonchev–Trinajstić information content (AvgIpc) is 2.82. The highest BCUT2D eigenvalue weighted by atomic mass is 16.6. The number of benzene rings is 2. The highest BCUT2D eigenvalue weighted by Crippen LogP contribution is 2.29. The number of nitro groups is 1. The van der Waals surface area contributed by atoms with Gasteiger partial charge in [0.15, 0.2) is 0 Å². The molecule has 3 aromatic rings. The molecular weight excluding hydrogens is 230 g/mol. The Morgan fingerprint density at radius 3 is 2.44 bits per heavy atom. The van der Waals surface area contributed by atoms with Crippen molar-refractivity contribution in [2.24, 2.45) is 0 Å². The fourth-order valence-electron chi connectivity index (χ4n) is 1.92. The van der Waals surface area contributed by atoms with Gasteiger partial charge >= 0.3 is 5.88 Å². The summed E-state index contributed by atoms with van der Waals surface area (Å²) in [6.07, 6.45) is 0. The van der Waals surface area contributed by atoms with Gasteiger partial charge in [-0.3, -0.25) is 10.1 Å². The van der Waals surface area contributed by atoms with E-state index in [-0.39, 0.29) is 5.88 Å². The van der Waals surface area contributed by atoms with Crippen molar-refractivity contribution in [3.05, 3.63) is 64.7 Å². The first kappa shape index (κ1) is 10.5. The molecule has 2 aromatic carbocycles. The zero-order valence-electron chi connectivity index (χ0n) is 9.37. The molecule has 0 bridgehead atoms. The molecule has 1 heterocycles. The third kappa shape index (κ3) is 1.73. The Bertz CT molecular complexity index is 716. The maximum absolute atomic E-state index is 10.6. The van der Waals surface area contributed by atoms with Crippen molar-refractivity contribution in [2.45, 2.75) is 0 Å². The van der Waals surface area contributed by atoms with E-state index in [0.717, 1.165) is 16.5 Å². The van der Waals surface area contributed by atoms with Gasteiger partial charge in [0.2, 0.25) is 0 Å². The van der Waals surface area contributed by atoms with Crippen LogP contribution in [0.15, 0.2) is 59.0 Å². The minimum absolute atomic E-state index is 0.227. The van der Waals surface area contributed by atoms with Crippen molar-refractivity contribution < 1.29 is 9.34 Å². The lowest BCUT2D eigenvalue weighted by molar-refractivity contribution is -0.401. The van der Waals surface area contributed by atoms with Crippen molar-refractivity contribution in [1.29, 1.82) is 0 Å². The van der Waals surface area contributed by atoms with Gasteiger partial charge in [-0.2, -0.15) is 0 Å². The molecule has 0 spiro atoms. The SMILES string of the molecule is O=[N+]([O-])c1cc2ccc(-c3ccccc3)cc2o1. The zero-order valence-corrected chi connectivity index (χ0v) is 9.37. The van der Waals surface area contributed by atoms with Gasteiger partial charge < -0.3 is 4.42 Å². The van der Waals surface area contributed by atoms with Crippen LogP contribution in [0.4, 0.5) is 5.88 Å². The van der Waals surface area contributed by atoms with Crippen molar-refractivity contribution in [3.63, 3.8) is 0 Å². The molecule has 88 valence electrons. The summed E-state index contributed by atoms with van der Waals surface area (Å²) < 4.78 is 5.19. The van der Waals surface area contributed by atoms with Crippen LogP contribution in [0.3, 0.4) is 0 Å². The molecule has 0 radical (unpaired) electrons. The Morgan fingerprint density at radius 1 is 0.944 bits per heavy atom. The van der Waals surface area contributed by atoms with E-state index in [2.05, 4.69) is 0 Å². The average molecular weight is 239 g/mol. The van der Waals surface area contributed by atoms with Crippen molar-refractivity contribution in [1.82, 2.24) is 0 Å². The molecule has 0 amide bonds. The smallest absolute Gasteiger partial charge is 0.401 e. The largest absolute Gasteiger partial charge is 0.434 e. The summed E-state index contributed by atoms with van der Waals surface area (Å²) in [7, 11) is 0. The van der Waals surface area contributed by atoms with Crippen molar-refractivity contribution in [3.8, 4) is 11.1 Å². The second-order valence-electron chi connectivity index (χ2n) is 3.96. The summed E-state index contributed by atoms with van der Waals surface area (Å²) >= 11 is 0. The molecule has 0 atom stereocenters. The lowest BCUT2D eigenvalue weighted by Gasteiger charge is -2.00. The van der Waals surface area contributed by atoms with E-state index in [9.17, 15) is 10.1 Å². The minimum Gasteiger partial charge on any atom is -0.401 e. The predicted octanol–water partition coefficient (Wildman–Crippen LogP) is 4.01. The van der Waals surface area contributed by atoms with Crippen LogP contribution in [-0.4, -0.2) is 4.92 Å². The summed E-state index contributed by atoms with van der Waals surface area (Å²) in [5, 5.41) is 11.4. The van der Waals surface area contributed by atoms with Crippen LogP contribution in [0, 0.1) is 10.1 Å². The predicted molar refractivity (Wildman–Crippen MR) is 68.3 cm³/mol. The molecule has 3 rings (SSSR count). The number of hydrogen-bond donors (Lipinski definition) is 0. The Morgan fingerprint density at radius 2 is 1.72 bits per heavy atom. The minimum atomic E-state index is -0.526. The standard InChI is InChI=1S/C14H9NO3/c16-15(17)14-9-12-7-6-11(8-13(12)18-14)10-4-2-1-3-5-10/h1-9H. The summed E-state index contributed by atoms with van der Waals surface area (Å²) in [5.41, 5.74) is 2.56. The molecular formula is C14H9NO3. The first-order valence-corrected chi connectivity index (χ1v) is 5.47. The molecule has 0 fully saturated rings. The molecule has 0 aliphatic heterocycles. The molecule has 4 heteroatoms. The zero-order chi connectivity index (χ0) is 12.5. The number of fused-ring (bicyclic) bond motifs is 1. The third-order valence-corrected chi connectivity index (χ3v) is 2.79. The molecule has 4 nitrogen and oxygen atoms in total. The van der Waals surface area contributed by atoms with E-state index in [0.29, 0.717) is 5.58 Å². The highest BCUT2D eigenvalue weighted by molar-refractivity contribution is 5.84. The molecule has 18 heavy (non-hydrogen) atoms. The van der Waals surface area contributed by atoms with Gasteiger partial charge in [-0.25, -0.2) is 0 Å². The summed E-state index contributed by atoms with van der Waals surface area (Å²) in [5.74, 6) is -0.227. The Hall–Kier alpha value is -2.62. The normalized spacial score (nSPS) is 10.7. The van der Waals surface area contributed by atoms with E-state index in [1.165, 1.54) is 6.07 Å². The quantitative estimate of drug-likeness (QED) is 0.501. The number of hydrogen-bond acceptors (Lipinski definition) is 3. The summed E-state index contributed by atoms with van der Waals surface area (Å²) in [4.78, 5) is 10.1. The summed E-state index contributed by atoms with van der Waals surface area (Å²) in [6.45, 7) is 0. The van der Waals surface area contributed by atoms with Crippen LogP contribution >= 0.6 is 0 Å². The van der Waals surface area contributed by atoms with Gasteiger partial charge in [0.1, 0.15) is 10.5 Å². The maximum Gasteiger partial charge on any atom is 0.434 e. The second-order valence-corrected chi connectivity index (χ2v) is 3.96. The van der Waals surface area contributed by atoms with Gasteiger partial charge in [-0.1, -0.05) is 42.5 Å². The Balaban J connectivity index is 2.14. The molecule has 1 aromatic heterocycles. The third-order valence-electron chi connectivity index (χ3n) is 2.79. The van der Waals surface area contributed by atoms with Gasteiger partial charge in [-0.05, 0) is 17.2 Å². The van der Waals surface area contributed by atoms with E-state index in [1.807, 2.05) is 48.5 Å². The summed E-state index contributed by atoms with van der Waals surface area (Å²) in [6, 6.07) is 16.8. The number of rotatable bonds is 2. The van der Waals surface area contributed by atoms with Crippen LogP contribution in [0.5, 0.6) is 0 Å². The second kappa shape index (κ2) is 4.00. The fourth-order valence-corrected chi connectivity index (χ4v) is 1.92. The van der Waals surface area contributed by atoms with Gasteiger partial charge in [0, 0.05) is 5.39 Å². The van der Waals surface area contributed by atoms with Crippen LogP contribution in [0.25, 0.3) is 22.1 Å². The number of furan rings is 1. The van der Waals surface area contributed by atoms with E-state index in [4.69, 9.17) is 4.42 Å². The lowest BCUT2D eigenvalue weighted by Crippen LogP contribution is -1.82. The van der Waals surface area contributed by atoms with Crippen molar-refractivity contribution in [2.75, 3.05) is 0 Å². The lowest BCUT2D eigenvalue weighted by atomic mass is 10.0. The first-order chi connectivity index (χ1) is 8.74. The van der Waals surface area contributed by atoms with Crippen LogP contribution < -0.4 is 0 Å². The van der Waals surface area contributed by atoms with Crippen molar-refractivity contribution >= 4 is 16.9 Å². The van der Waals surface area contributed by atoms with Crippen LogP contribution in [-0.2, 0) is 0 Å². The van der Waals surface area contributed by atoms with E-state index < -0.39 is 4.92 Å². The fraction of sp³-hybridized carbons (Fsp3) is 0. The molecule has 0 unspecified atom stereocenters. The van der Waals surface area contributed by atoms with E-state index in [1.54, 1.807) is 0 Å². The van der Waals surface area contributed by atoms with Gasteiger partial charge in [0.05, 0.1) is 6.07 Å². The molecule has 0 saturated carbocycles. The van der Waals surface area contributed by atoms with Crippen LogP contribution in [0.1, 0.15) is 0 Å². The molecule has 0 saturated heterocycles. The molecule has 0 N–H and O–H groups in total. The first-order valence-electron chi connectivity index (χ1n) is 5.47. The Kier molecular flexibility index (Phi) is 2.34. The van der Waals surface area contributed by atoms with Crippen LogP contribution in [0.2, 0.25) is 0 Å². The molecule has 0 aliphatic carbocycles. The van der Waals surface area contributed by atoms with Gasteiger partial charge in [0.25, 0.3) is 0 Å². The molecule has 0 aliphatic rings. The Labute approximate surface area is 103 Å². The van der Waals surface area contributed by atoms with Gasteiger partial charge in [-0.15, -0.1) is 0 Å². The monoisotopic (exact) mass is 239 g/mol. The highest BCUT2D eigenvalue weighted by Gasteiger charge is 2.13. The topological polar surface area (TPSA) is 56.3 Å². The van der Waals surface area contributed by atoms with E-state index >= 15 is 0 Å². The number of nitrogens with zero attached hydrogens (tertiary/aromatic N) is 1.